The Bertz CT molecular complexity index is 965. The molecule has 1 aromatic carbocycles. The number of fused-ring (bicyclic) bond motifs is 1. The predicted octanol–water partition coefficient (Wildman–Crippen LogP) is 2.78. The highest BCUT2D eigenvalue weighted by molar-refractivity contribution is 6.29. The van der Waals surface area contributed by atoms with Gasteiger partial charge < -0.3 is 14.5 Å². The quantitative estimate of drug-likeness (QED) is 0.348. The minimum atomic E-state index is -0.716. The van der Waals surface area contributed by atoms with Gasteiger partial charge in [-0.2, -0.15) is 5.26 Å². The predicted molar refractivity (Wildman–Crippen MR) is 100 cm³/mol. The summed E-state index contributed by atoms with van der Waals surface area (Å²) in [5.41, 5.74) is 1.84. The van der Waals surface area contributed by atoms with Crippen LogP contribution >= 0.6 is 11.6 Å². The molecule has 0 radical (unpaired) electrons. The first-order valence-electron chi connectivity index (χ1n) is 7.96. The van der Waals surface area contributed by atoms with Gasteiger partial charge in [0.05, 0.1) is 16.9 Å². The van der Waals surface area contributed by atoms with Gasteiger partial charge in [0.15, 0.2) is 6.61 Å². The van der Waals surface area contributed by atoms with Crippen LogP contribution in [0.15, 0.2) is 54.0 Å². The molecule has 0 unspecified atom stereocenters. The molecule has 0 amide bonds. The zero-order valence-electron chi connectivity index (χ0n) is 14.6. The topological polar surface area (TPSA) is 86.5 Å². The SMILES string of the molecule is CN1C(=C(C#N)C(=O)COC(=O)c2ccnc(Cl)c2)N(C)c2ccccc21. The van der Waals surface area contributed by atoms with Gasteiger partial charge in [-0.3, -0.25) is 4.79 Å². The van der Waals surface area contributed by atoms with E-state index in [0.29, 0.717) is 5.82 Å². The number of para-hydroxylation sites is 2. The number of halogens is 1. The zero-order chi connectivity index (χ0) is 19.6. The lowest BCUT2D eigenvalue weighted by Gasteiger charge is -2.19. The molecule has 0 spiro atoms. The fraction of sp³-hybridized carbons (Fsp3) is 0.158. The van der Waals surface area contributed by atoms with Gasteiger partial charge in [0.25, 0.3) is 0 Å². The molecule has 136 valence electrons. The minimum Gasteiger partial charge on any atom is -0.454 e. The number of nitrogens with zero attached hydrogens (tertiary/aromatic N) is 4. The van der Waals surface area contributed by atoms with Gasteiger partial charge in [0.1, 0.15) is 22.6 Å². The standard InChI is InChI=1S/C19H15ClN4O3/c1-23-14-5-3-4-6-15(14)24(2)18(23)13(10-21)16(25)11-27-19(26)12-7-8-22-17(20)9-12/h3-9H,11H2,1-2H3. The Morgan fingerprint density at radius 3 is 2.37 bits per heavy atom. The van der Waals surface area contributed by atoms with Crippen LogP contribution in [0, 0.1) is 11.3 Å². The summed E-state index contributed by atoms with van der Waals surface area (Å²) in [6.07, 6.45) is 1.36. The second-order valence-electron chi connectivity index (χ2n) is 5.78. The number of aromatic nitrogens is 1. The molecule has 0 fully saturated rings. The summed E-state index contributed by atoms with van der Waals surface area (Å²) < 4.78 is 5.04. The number of ether oxygens (including phenoxy) is 1. The number of hydrogen-bond donors (Lipinski definition) is 0. The average molecular weight is 383 g/mol. The van der Waals surface area contributed by atoms with Gasteiger partial charge in [-0.05, 0) is 24.3 Å². The molecule has 0 saturated carbocycles. The maximum Gasteiger partial charge on any atom is 0.338 e. The van der Waals surface area contributed by atoms with Crippen molar-refractivity contribution >= 4 is 34.7 Å². The van der Waals surface area contributed by atoms with E-state index in [4.69, 9.17) is 16.3 Å². The summed E-state index contributed by atoms with van der Waals surface area (Å²) in [6.45, 7) is -0.552. The van der Waals surface area contributed by atoms with Crippen molar-refractivity contribution in [2.45, 2.75) is 0 Å². The van der Waals surface area contributed by atoms with Crippen molar-refractivity contribution in [3.63, 3.8) is 0 Å². The van der Waals surface area contributed by atoms with Crippen molar-refractivity contribution < 1.29 is 14.3 Å². The summed E-state index contributed by atoms with van der Waals surface area (Å²) in [7, 11) is 3.54. The van der Waals surface area contributed by atoms with Crippen molar-refractivity contribution in [3.8, 4) is 6.07 Å². The van der Waals surface area contributed by atoms with E-state index in [2.05, 4.69) is 4.98 Å². The van der Waals surface area contributed by atoms with Crippen LogP contribution in [0.25, 0.3) is 0 Å². The first kappa shape index (κ1) is 18.4. The third-order valence-corrected chi connectivity index (χ3v) is 4.36. The summed E-state index contributed by atoms with van der Waals surface area (Å²) >= 11 is 5.74. The van der Waals surface area contributed by atoms with Gasteiger partial charge in [-0.15, -0.1) is 0 Å². The molecule has 1 aromatic heterocycles. The number of carbonyl (C=O) groups excluding carboxylic acids is 2. The normalized spacial score (nSPS) is 12.4. The molecule has 0 atom stereocenters. The monoisotopic (exact) mass is 382 g/mol. The van der Waals surface area contributed by atoms with Gasteiger partial charge in [0.2, 0.25) is 5.78 Å². The van der Waals surface area contributed by atoms with Crippen molar-refractivity contribution in [2.75, 3.05) is 30.5 Å². The third kappa shape index (κ3) is 3.48. The van der Waals surface area contributed by atoms with Crippen LogP contribution in [-0.2, 0) is 9.53 Å². The van der Waals surface area contributed by atoms with E-state index in [9.17, 15) is 14.9 Å². The summed E-state index contributed by atoms with van der Waals surface area (Å²) in [5.74, 6) is -0.870. The van der Waals surface area contributed by atoms with E-state index in [1.165, 1.54) is 18.3 Å². The highest BCUT2D eigenvalue weighted by Gasteiger charge is 2.31. The average Bonchev–Trinajstić information content (AvgIpc) is 2.92. The first-order chi connectivity index (χ1) is 12.9. The Hall–Kier alpha value is -3.37. The van der Waals surface area contributed by atoms with E-state index in [1.807, 2.05) is 30.3 Å². The Morgan fingerprint density at radius 1 is 1.19 bits per heavy atom. The fourth-order valence-corrected chi connectivity index (χ4v) is 3.05. The first-order valence-corrected chi connectivity index (χ1v) is 8.34. The highest BCUT2D eigenvalue weighted by atomic mass is 35.5. The molecule has 27 heavy (non-hydrogen) atoms. The number of hydrogen-bond acceptors (Lipinski definition) is 7. The number of carbonyl (C=O) groups is 2. The van der Waals surface area contributed by atoms with Crippen molar-refractivity contribution in [3.05, 3.63) is 64.7 Å². The summed E-state index contributed by atoms with van der Waals surface area (Å²) in [6, 6.07) is 12.2. The number of nitriles is 1. The number of benzene rings is 1. The molecule has 8 heteroatoms. The second kappa shape index (κ2) is 7.48. The Balaban J connectivity index is 1.80. The van der Waals surface area contributed by atoms with E-state index in [-0.39, 0.29) is 16.3 Å². The lowest BCUT2D eigenvalue weighted by molar-refractivity contribution is -0.118. The van der Waals surface area contributed by atoms with Crippen LogP contribution in [0.1, 0.15) is 10.4 Å². The molecule has 0 N–H and O–H groups in total. The molecule has 0 aliphatic carbocycles. The molecule has 1 aliphatic rings. The molecule has 0 saturated heterocycles. The van der Waals surface area contributed by atoms with Crippen LogP contribution < -0.4 is 9.80 Å². The van der Waals surface area contributed by atoms with E-state index >= 15 is 0 Å². The number of rotatable bonds is 4. The van der Waals surface area contributed by atoms with E-state index < -0.39 is 18.4 Å². The van der Waals surface area contributed by atoms with Gasteiger partial charge in [-0.25, -0.2) is 9.78 Å². The Kier molecular flexibility index (Phi) is 5.10. The molecular weight excluding hydrogens is 368 g/mol. The zero-order valence-corrected chi connectivity index (χ0v) is 15.4. The van der Waals surface area contributed by atoms with Crippen molar-refractivity contribution in [1.29, 1.82) is 5.26 Å². The maximum absolute atomic E-state index is 12.6. The molecule has 2 aromatic rings. The lowest BCUT2D eigenvalue weighted by atomic mass is 10.2. The smallest absolute Gasteiger partial charge is 0.338 e. The Morgan fingerprint density at radius 2 is 1.81 bits per heavy atom. The number of Topliss-reactive ketones (excluding diaryl/α,β-unsaturated/α-hetero) is 1. The minimum absolute atomic E-state index is 0.0863. The third-order valence-electron chi connectivity index (χ3n) is 4.15. The van der Waals surface area contributed by atoms with Crippen LogP contribution in [0.2, 0.25) is 5.15 Å². The number of anilines is 2. The van der Waals surface area contributed by atoms with Gasteiger partial charge >= 0.3 is 5.97 Å². The van der Waals surface area contributed by atoms with E-state index in [1.54, 1.807) is 23.9 Å². The second-order valence-corrected chi connectivity index (χ2v) is 6.17. The highest BCUT2D eigenvalue weighted by Crippen LogP contribution is 2.40. The summed E-state index contributed by atoms with van der Waals surface area (Å²) in [4.78, 5) is 31.9. The molecular formula is C19H15ClN4O3. The van der Waals surface area contributed by atoms with Crippen LogP contribution in [0.4, 0.5) is 11.4 Å². The van der Waals surface area contributed by atoms with Crippen LogP contribution in [0.5, 0.6) is 0 Å². The van der Waals surface area contributed by atoms with E-state index in [0.717, 1.165) is 11.4 Å². The van der Waals surface area contributed by atoms with Crippen LogP contribution in [-0.4, -0.2) is 37.4 Å². The number of esters is 1. The lowest BCUT2D eigenvalue weighted by Crippen LogP contribution is -2.27. The van der Waals surface area contributed by atoms with Crippen molar-refractivity contribution in [1.82, 2.24) is 4.98 Å². The van der Waals surface area contributed by atoms with Crippen molar-refractivity contribution in [2.24, 2.45) is 0 Å². The largest absolute Gasteiger partial charge is 0.454 e. The maximum atomic E-state index is 12.6. The molecule has 2 heterocycles. The molecule has 1 aliphatic heterocycles. The Labute approximate surface area is 161 Å². The molecule has 0 bridgehead atoms. The van der Waals surface area contributed by atoms with Crippen LogP contribution in [0.3, 0.4) is 0 Å². The summed E-state index contributed by atoms with van der Waals surface area (Å²) in [5, 5.41) is 9.68. The van der Waals surface area contributed by atoms with Gasteiger partial charge in [-0.1, -0.05) is 23.7 Å². The number of pyridine rings is 1. The molecule has 3 rings (SSSR count). The number of ketones is 1. The molecule has 7 nitrogen and oxygen atoms in total. The fourth-order valence-electron chi connectivity index (χ4n) is 2.87. The van der Waals surface area contributed by atoms with Gasteiger partial charge in [0, 0.05) is 20.3 Å².